The van der Waals surface area contributed by atoms with Gasteiger partial charge in [-0.3, -0.25) is 0 Å². The molecule has 0 aliphatic rings. The van der Waals surface area contributed by atoms with Gasteiger partial charge in [0.1, 0.15) is 5.82 Å². The molecule has 3 heteroatoms. The van der Waals surface area contributed by atoms with Crippen LogP contribution in [0.2, 0.25) is 0 Å². The molecule has 0 aliphatic heterocycles. The van der Waals surface area contributed by atoms with Gasteiger partial charge in [0.25, 0.3) is 0 Å². The molecule has 0 saturated carbocycles. The van der Waals surface area contributed by atoms with Crippen LogP contribution in [-0.4, -0.2) is 11.8 Å². The van der Waals surface area contributed by atoms with Crippen molar-refractivity contribution in [3.63, 3.8) is 0 Å². The second kappa shape index (κ2) is 7.02. The molecule has 96 valence electrons. The summed E-state index contributed by atoms with van der Waals surface area (Å²) in [6.07, 6.45) is 0. The monoisotopic (exact) mass is 255 g/mol. The van der Waals surface area contributed by atoms with Crippen LogP contribution in [0.3, 0.4) is 0 Å². The smallest absolute Gasteiger partial charge is 0.137 e. The van der Waals surface area contributed by atoms with Crippen molar-refractivity contribution < 1.29 is 4.39 Å². The topological polar surface area (TPSA) is 12.0 Å². The number of thioether (sulfide) groups is 1. The minimum Gasteiger partial charge on any atom is -0.310 e. The number of rotatable bonds is 6. The standard InChI is InChI=1S/C14H22FNS/c1-10(2)9-17-14-6-5-12(7-13(14)15)8-16-11(3)4/h5-7,10-11,16H,8-9H2,1-4H3. The third kappa shape index (κ3) is 5.55. The predicted octanol–water partition coefficient (Wildman–Crippen LogP) is 4.07. The summed E-state index contributed by atoms with van der Waals surface area (Å²) in [5, 5.41) is 3.29. The minimum atomic E-state index is -0.0984. The Labute approximate surface area is 108 Å². The lowest BCUT2D eigenvalue weighted by molar-refractivity contribution is 0.574. The van der Waals surface area contributed by atoms with E-state index in [1.54, 1.807) is 17.8 Å². The van der Waals surface area contributed by atoms with Crippen LogP contribution >= 0.6 is 11.8 Å². The van der Waals surface area contributed by atoms with Crippen LogP contribution in [0.15, 0.2) is 23.1 Å². The van der Waals surface area contributed by atoms with Gasteiger partial charge in [-0.25, -0.2) is 4.39 Å². The molecule has 0 heterocycles. The van der Waals surface area contributed by atoms with Crippen molar-refractivity contribution >= 4 is 11.8 Å². The quantitative estimate of drug-likeness (QED) is 0.769. The molecule has 0 amide bonds. The van der Waals surface area contributed by atoms with E-state index in [0.717, 1.165) is 22.8 Å². The maximum Gasteiger partial charge on any atom is 0.137 e. The Morgan fingerprint density at radius 2 is 1.94 bits per heavy atom. The van der Waals surface area contributed by atoms with Gasteiger partial charge < -0.3 is 5.32 Å². The predicted molar refractivity (Wildman–Crippen MR) is 73.9 cm³/mol. The van der Waals surface area contributed by atoms with Gasteiger partial charge in [0.15, 0.2) is 0 Å². The van der Waals surface area contributed by atoms with Crippen LogP contribution in [0.5, 0.6) is 0 Å². The molecule has 17 heavy (non-hydrogen) atoms. The molecule has 0 radical (unpaired) electrons. The second-order valence-electron chi connectivity index (χ2n) is 5.01. The molecule has 0 bridgehead atoms. The highest BCUT2D eigenvalue weighted by molar-refractivity contribution is 7.99. The molecule has 0 aliphatic carbocycles. The maximum atomic E-state index is 13.8. The molecule has 1 nitrogen and oxygen atoms in total. The molecule has 1 N–H and O–H groups in total. The van der Waals surface area contributed by atoms with Gasteiger partial charge in [-0.15, -0.1) is 11.8 Å². The van der Waals surface area contributed by atoms with Crippen LogP contribution in [-0.2, 0) is 6.54 Å². The molecule has 1 aromatic carbocycles. The van der Waals surface area contributed by atoms with Crippen LogP contribution < -0.4 is 5.32 Å². The van der Waals surface area contributed by atoms with E-state index in [9.17, 15) is 4.39 Å². The summed E-state index contributed by atoms with van der Waals surface area (Å²) in [4.78, 5) is 0.756. The summed E-state index contributed by atoms with van der Waals surface area (Å²) in [6, 6.07) is 5.95. The Bertz CT molecular complexity index is 350. The summed E-state index contributed by atoms with van der Waals surface area (Å²) in [6.45, 7) is 9.19. The van der Waals surface area contributed by atoms with Crippen molar-refractivity contribution in [1.29, 1.82) is 0 Å². The lowest BCUT2D eigenvalue weighted by atomic mass is 10.2. The van der Waals surface area contributed by atoms with Gasteiger partial charge in [0, 0.05) is 23.2 Å². The lowest BCUT2D eigenvalue weighted by Gasteiger charge is -2.10. The van der Waals surface area contributed by atoms with Gasteiger partial charge in [-0.1, -0.05) is 33.8 Å². The number of hydrogen-bond acceptors (Lipinski definition) is 2. The van der Waals surface area contributed by atoms with Crippen LogP contribution in [0, 0.1) is 11.7 Å². The fraction of sp³-hybridized carbons (Fsp3) is 0.571. The Balaban J connectivity index is 2.59. The van der Waals surface area contributed by atoms with Gasteiger partial charge in [0.05, 0.1) is 0 Å². The first kappa shape index (κ1) is 14.5. The average Bonchev–Trinajstić information content (AvgIpc) is 2.24. The van der Waals surface area contributed by atoms with E-state index >= 15 is 0 Å². The zero-order chi connectivity index (χ0) is 12.8. The van der Waals surface area contributed by atoms with Crippen molar-refractivity contribution in [2.24, 2.45) is 5.92 Å². The Morgan fingerprint density at radius 1 is 1.24 bits per heavy atom. The molecular formula is C14H22FNS. The highest BCUT2D eigenvalue weighted by atomic mass is 32.2. The minimum absolute atomic E-state index is 0.0984. The van der Waals surface area contributed by atoms with E-state index in [-0.39, 0.29) is 5.82 Å². The molecule has 0 fully saturated rings. The molecule has 0 atom stereocenters. The first-order valence-corrected chi connectivity index (χ1v) is 7.12. The van der Waals surface area contributed by atoms with Crippen LogP contribution in [0.25, 0.3) is 0 Å². The summed E-state index contributed by atoms with van der Waals surface area (Å²) in [5.41, 5.74) is 1.00. The van der Waals surface area contributed by atoms with E-state index < -0.39 is 0 Å². The van der Waals surface area contributed by atoms with E-state index in [4.69, 9.17) is 0 Å². The van der Waals surface area contributed by atoms with E-state index in [1.807, 2.05) is 12.1 Å². The van der Waals surface area contributed by atoms with Gasteiger partial charge in [-0.2, -0.15) is 0 Å². The van der Waals surface area contributed by atoms with Gasteiger partial charge in [0.2, 0.25) is 0 Å². The van der Waals surface area contributed by atoms with Crippen LogP contribution in [0.1, 0.15) is 33.3 Å². The van der Waals surface area contributed by atoms with E-state index in [0.29, 0.717) is 12.0 Å². The van der Waals surface area contributed by atoms with Gasteiger partial charge in [-0.05, 0) is 23.6 Å². The fourth-order valence-electron chi connectivity index (χ4n) is 1.35. The fourth-order valence-corrected chi connectivity index (χ4v) is 2.22. The lowest BCUT2D eigenvalue weighted by Crippen LogP contribution is -2.21. The Morgan fingerprint density at radius 3 is 2.47 bits per heavy atom. The molecule has 0 saturated heterocycles. The average molecular weight is 255 g/mol. The normalized spacial score (nSPS) is 11.5. The second-order valence-corrected chi connectivity index (χ2v) is 6.07. The van der Waals surface area contributed by atoms with E-state index in [2.05, 4.69) is 33.0 Å². The van der Waals surface area contributed by atoms with Crippen molar-refractivity contribution in [2.75, 3.05) is 5.75 Å². The third-order valence-electron chi connectivity index (χ3n) is 2.28. The number of hydrogen-bond donors (Lipinski definition) is 1. The highest BCUT2D eigenvalue weighted by Gasteiger charge is 2.05. The van der Waals surface area contributed by atoms with E-state index in [1.165, 1.54) is 0 Å². The van der Waals surface area contributed by atoms with Crippen molar-refractivity contribution in [1.82, 2.24) is 5.32 Å². The largest absolute Gasteiger partial charge is 0.310 e. The molecular weight excluding hydrogens is 233 g/mol. The molecule has 1 aromatic rings. The first-order valence-electron chi connectivity index (χ1n) is 6.13. The maximum absolute atomic E-state index is 13.8. The molecule has 0 spiro atoms. The molecule has 1 rings (SSSR count). The van der Waals surface area contributed by atoms with Gasteiger partial charge >= 0.3 is 0 Å². The third-order valence-corrected chi connectivity index (χ3v) is 3.76. The first-order chi connectivity index (χ1) is 7.99. The zero-order valence-electron chi connectivity index (χ0n) is 11.1. The number of benzene rings is 1. The summed E-state index contributed by atoms with van der Waals surface area (Å²) < 4.78 is 13.8. The Hall–Kier alpha value is -0.540. The van der Waals surface area contributed by atoms with Crippen molar-refractivity contribution in [3.05, 3.63) is 29.6 Å². The summed E-state index contributed by atoms with van der Waals surface area (Å²) >= 11 is 1.59. The summed E-state index contributed by atoms with van der Waals surface area (Å²) in [5.74, 6) is 1.45. The van der Waals surface area contributed by atoms with Crippen molar-refractivity contribution in [3.8, 4) is 0 Å². The van der Waals surface area contributed by atoms with Crippen molar-refractivity contribution in [2.45, 2.75) is 45.2 Å². The highest BCUT2D eigenvalue weighted by Crippen LogP contribution is 2.24. The molecule has 0 aromatic heterocycles. The number of halogens is 1. The SMILES string of the molecule is CC(C)CSc1ccc(CNC(C)C)cc1F. The molecule has 0 unspecified atom stereocenters. The summed E-state index contributed by atoms with van der Waals surface area (Å²) in [7, 11) is 0. The number of nitrogens with one attached hydrogen (secondary N) is 1. The Kier molecular flexibility index (Phi) is 6.00. The van der Waals surface area contributed by atoms with Crippen LogP contribution in [0.4, 0.5) is 4.39 Å². The zero-order valence-corrected chi connectivity index (χ0v) is 11.9.